The van der Waals surface area contributed by atoms with Crippen molar-refractivity contribution in [1.82, 2.24) is 10.2 Å². The monoisotopic (exact) mass is 362 g/mol. The Bertz CT molecular complexity index is 617. The van der Waals surface area contributed by atoms with Gasteiger partial charge in [-0.3, -0.25) is 9.59 Å². The molecule has 25 heavy (non-hydrogen) atoms. The van der Waals surface area contributed by atoms with Crippen LogP contribution in [0.4, 0.5) is 0 Å². The van der Waals surface area contributed by atoms with Gasteiger partial charge in [0.25, 0.3) is 5.91 Å². The average molecular weight is 363 g/mol. The predicted octanol–water partition coefficient (Wildman–Crippen LogP) is 3.89. The number of hydrogen-bond acceptors (Lipinski definition) is 2. The third-order valence-corrected chi connectivity index (χ3v) is 5.71. The summed E-state index contributed by atoms with van der Waals surface area (Å²) in [6.45, 7) is 3.48. The van der Waals surface area contributed by atoms with Crippen LogP contribution in [0.2, 0.25) is 5.02 Å². The molecule has 3 atom stereocenters. The van der Waals surface area contributed by atoms with Crippen LogP contribution in [-0.4, -0.2) is 35.8 Å². The number of nitrogens with one attached hydrogen (secondary N) is 1. The molecule has 2 fully saturated rings. The number of hydrogen-bond donors (Lipinski definition) is 1. The van der Waals surface area contributed by atoms with Crippen LogP contribution >= 0.6 is 11.6 Å². The van der Waals surface area contributed by atoms with E-state index >= 15 is 0 Å². The van der Waals surface area contributed by atoms with Gasteiger partial charge < -0.3 is 10.2 Å². The molecule has 0 aromatic heterocycles. The quantitative estimate of drug-likeness (QED) is 0.886. The molecule has 0 bridgehead atoms. The van der Waals surface area contributed by atoms with E-state index in [9.17, 15) is 9.59 Å². The van der Waals surface area contributed by atoms with Crippen molar-refractivity contribution in [2.24, 2.45) is 11.8 Å². The molecule has 0 spiro atoms. The first kappa shape index (κ1) is 18.2. The Kier molecular flexibility index (Phi) is 6.00. The molecule has 2 aliphatic rings. The zero-order chi connectivity index (χ0) is 17.8. The van der Waals surface area contributed by atoms with Crippen molar-refractivity contribution in [2.45, 2.75) is 51.5 Å². The van der Waals surface area contributed by atoms with E-state index < -0.39 is 0 Å². The van der Waals surface area contributed by atoms with Gasteiger partial charge in [-0.2, -0.15) is 0 Å². The second-order valence-corrected chi connectivity index (χ2v) is 8.01. The molecule has 2 amide bonds. The molecule has 3 unspecified atom stereocenters. The minimum absolute atomic E-state index is 0.0135. The van der Waals surface area contributed by atoms with Crippen molar-refractivity contribution in [2.75, 3.05) is 13.1 Å². The minimum Gasteiger partial charge on any atom is -0.353 e. The van der Waals surface area contributed by atoms with Crippen LogP contribution in [0, 0.1) is 11.8 Å². The van der Waals surface area contributed by atoms with Gasteiger partial charge in [-0.1, -0.05) is 31.4 Å². The maximum absolute atomic E-state index is 12.7. The van der Waals surface area contributed by atoms with E-state index in [1.165, 1.54) is 12.8 Å². The summed E-state index contributed by atoms with van der Waals surface area (Å²) in [6.07, 6.45) is 6.34. The van der Waals surface area contributed by atoms with Crippen LogP contribution in [0.25, 0.3) is 0 Å². The molecule has 136 valence electrons. The molecule has 1 aromatic carbocycles. The van der Waals surface area contributed by atoms with E-state index in [1.54, 1.807) is 29.2 Å². The lowest BCUT2D eigenvalue weighted by atomic mass is 9.86. The van der Waals surface area contributed by atoms with Crippen LogP contribution in [-0.2, 0) is 4.79 Å². The van der Waals surface area contributed by atoms with Crippen molar-refractivity contribution >= 4 is 23.4 Å². The van der Waals surface area contributed by atoms with E-state index in [0.717, 1.165) is 25.7 Å². The first-order chi connectivity index (χ1) is 12.0. The Hall–Kier alpha value is -1.55. The van der Waals surface area contributed by atoms with Crippen LogP contribution in [0.3, 0.4) is 0 Å². The third kappa shape index (κ3) is 4.75. The van der Waals surface area contributed by atoms with Gasteiger partial charge in [-0.15, -0.1) is 0 Å². The molecule has 1 saturated heterocycles. The van der Waals surface area contributed by atoms with E-state index in [0.29, 0.717) is 35.6 Å². The summed E-state index contributed by atoms with van der Waals surface area (Å²) in [6, 6.07) is 7.26. The molecule has 1 N–H and O–H groups in total. The molecular formula is C20H27ClN2O2. The van der Waals surface area contributed by atoms with E-state index in [-0.39, 0.29) is 17.7 Å². The van der Waals surface area contributed by atoms with Gasteiger partial charge in [0.15, 0.2) is 0 Å². The highest BCUT2D eigenvalue weighted by atomic mass is 35.5. The number of piperidine rings is 1. The largest absolute Gasteiger partial charge is 0.353 e. The van der Waals surface area contributed by atoms with Crippen LogP contribution < -0.4 is 5.32 Å². The minimum atomic E-state index is -0.0952. The molecule has 1 heterocycles. The maximum Gasteiger partial charge on any atom is 0.253 e. The molecule has 1 saturated carbocycles. The van der Waals surface area contributed by atoms with Crippen molar-refractivity contribution in [1.29, 1.82) is 0 Å². The normalized spacial score (nSPS) is 27.0. The first-order valence-electron chi connectivity index (χ1n) is 9.38. The number of benzene rings is 1. The smallest absolute Gasteiger partial charge is 0.253 e. The van der Waals surface area contributed by atoms with Crippen molar-refractivity contribution in [3.63, 3.8) is 0 Å². The van der Waals surface area contributed by atoms with Crippen LogP contribution in [0.1, 0.15) is 55.8 Å². The number of carbonyl (C=O) groups is 2. The topological polar surface area (TPSA) is 49.4 Å². The summed E-state index contributed by atoms with van der Waals surface area (Å²) in [4.78, 5) is 27.1. The SMILES string of the molecule is CC1CCCC(NC(=O)C2CCCN(C(=O)c3ccc(Cl)cc3)C2)C1. The van der Waals surface area contributed by atoms with Gasteiger partial charge in [0.2, 0.25) is 5.91 Å². The Morgan fingerprint density at radius 1 is 1.12 bits per heavy atom. The van der Waals surface area contributed by atoms with Gasteiger partial charge in [0.05, 0.1) is 5.92 Å². The molecule has 1 aliphatic heterocycles. The Labute approximate surface area is 154 Å². The number of rotatable bonds is 3. The number of halogens is 1. The number of amides is 2. The van der Waals surface area contributed by atoms with Crippen LogP contribution in [0.5, 0.6) is 0 Å². The van der Waals surface area contributed by atoms with E-state index in [2.05, 4.69) is 12.2 Å². The Morgan fingerprint density at radius 2 is 1.88 bits per heavy atom. The second kappa shape index (κ2) is 8.22. The molecule has 5 heteroatoms. The van der Waals surface area contributed by atoms with Gasteiger partial charge in [-0.05, 0) is 55.9 Å². The highest BCUT2D eigenvalue weighted by Crippen LogP contribution is 2.25. The molecule has 0 radical (unpaired) electrons. The third-order valence-electron chi connectivity index (χ3n) is 5.45. The van der Waals surface area contributed by atoms with Gasteiger partial charge in [0.1, 0.15) is 0 Å². The fraction of sp³-hybridized carbons (Fsp3) is 0.600. The standard InChI is InChI=1S/C20H27ClN2O2/c1-14-4-2-6-18(12-14)22-19(24)16-5-3-11-23(13-16)20(25)15-7-9-17(21)10-8-15/h7-10,14,16,18H,2-6,11-13H2,1H3,(H,22,24). The lowest BCUT2D eigenvalue weighted by Crippen LogP contribution is -2.48. The van der Waals surface area contributed by atoms with Crippen molar-refractivity contribution in [3.8, 4) is 0 Å². The second-order valence-electron chi connectivity index (χ2n) is 7.57. The Morgan fingerprint density at radius 3 is 2.60 bits per heavy atom. The van der Waals surface area contributed by atoms with Crippen molar-refractivity contribution < 1.29 is 9.59 Å². The summed E-state index contributed by atoms with van der Waals surface area (Å²) in [5.41, 5.74) is 0.631. The van der Waals surface area contributed by atoms with Crippen molar-refractivity contribution in [3.05, 3.63) is 34.9 Å². The fourth-order valence-electron chi connectivity index (χ4n) is 4.03. The highest BCUT2D eigenvalue weighted by Gasteiger charge is 2.30. The van der Waals surface area contributed by atoms with Crippen LogP contribution in [0.15, 0.2) is 24.3 Å². The zero-order valence-electron chi connectivity index (χ0n) is 14.8. The lowest BCUT2D eigenvalue weighted by Gasteiger charge is -2.34. The maximum atomic E-state index is 12.7. The molecule has 4 nitrogen and oxygen atoms in total. The van der Waals surface area contributed by atoms with Gasteiger partial charge in [0, 0.05) is 29.7 Å². The molecule has 1 aliphatic carbocycles. The number of carbonyl (C=O) groups excluding carboxylic acids is 2. The lowest BCUT2D eigenvalue weighted by molar-refractivity contribution is -0.127. The number of likely N-dealkylation sites (tertiary alicyclic amines) is 1. The van der Waals surface area contributed by atoms with Gasteiger partial charge in [-0.25, -0.2) is 0 Å². The first-order valence-corrected chi connectivity index (χ1v) is 9.76. The number of nitrogens with zero attached hydrogens (tertiary/aromatic N) is 1. The molecular weight excluding hydrogens is 336 g/mol. The van der Waals surface area contributed by atoms with E-state index in [1.807, 2.05) is 0 Å². The summed E-state index contributed by atoms with van der Waals surface area (Å²) in [5, 5.41) is 3.85. The predicted molar refractivity (Wildman–Crippen MR) is 99.6 cm³/mol. The summed E-state index contributed by atoms with van der Waals surface area (Å²) >= 11 is 5.89. The zero-order valence-corrected chi connectivity index (χ0v) is 15.6. The fourth-order valence-corrected chi connectivity index (χ4v) is 4.16. The molecule has 1 aromatic rings. The summed E-state index contributed by atoms with van der Waals surface area (Å²) < 4.78 is 0. The average Bonchev–Trinajstić information content (AvgIpc) is 2.62. The Balaban J connectivity index is 1.57. The summed E-state index contributed by atoms with van der Waals surface area (Å²) in [7, 11) is 0. The molecule has 3 rings (SSSR count). The van der Waals surface area contributed by atoms with E-state index in [4.69, 9.17) is 11.6 Å². The highest BCUT2D eigenvalue weighted by molar-refractivity contribution is 6.30. The van der Waals surface area contributed by atoms with Gasteiger partial charge >= 0.3 is 0 Å². The summed E-state index contributed by atoms with van der Waals surface area (Å²) in [5.74, 6) is 0.698.